The highest BCUT2D eigenvalue weighted by Gasteiger charge is 2.22. The molecular formula is C16H24N4. The van der Waals surface area contributed by atoms with Crippen LogP contribution in [0.2, 0.25) is 0 Å². The molecule has 0 atom stereocenters. The summed E-state index contributed by atoms with van der Waals surface area (Å²) in [4.78, 5) is 7.24. The molecule has 0 spiro atoms. The Morgan fingerprint density at radius 2 is 2.05 bits per heavy atom. The summed E-state index contributed by atoms with van der Waals surface area (Å²) in [6.45, 7) is 4.56. The number of benzene rings is 1. The van der Waals surface area contributed by atoms with E-state index in [1.807, 2.05) is 12.1 Å². The number of hydrogen-bond acceptors (Lipinski definition) is 3. The largest absolute Gasteiger partial charge is 0.399 e. The van der Waals surface area contributed by atoms with Gasteiger partial charge >= 0.3 is 0 Å². The molecule has 1 aromatic heterocycles. The summed E-state index contributed by atoms with van der Waals surface area (Å²) in [6.07, 6.45) is 4.60. The summed E-state index contributed by atoms with van der Waals surface area (Å²) in [7, 11) is 2.20. The van der Waals surface area contributed by atoms with E-state index in [4.69, 9.17) is 10.7 Å². The van der Waals surface area contributed by atoms with E-state index in [-0.39, 0.29) is 0 Å². The standard InChI is InChI=1S/C16H24N4/c1-3-4-16-18-14-11-12(17)5-6-15(14)20(16)13-7-9-19(2)10-8-13/h5-6,11,13H,3-4,7-10,17H2,1-2H3. The third kappa shape index (κ3) is 2.40. The summed E-state index contributed by atoms with van der Waals surface area (Å²) in [5, 5.41) is 0. The Morgan fingerprint density at radius 1 is 1.30 bits per heavy atom. The van der Waals surface area contributed by atoms with E-state index in [2.05, 4.69) is 29.5 Å². The van der Waals surface area contributed by atoms with Gasteiger partial charge in [0.1, 0.15) is 5.82 Å². The predicted octanol–water partition coefficient (Wildman–Crippen LogP) is 2.84. The normalized spacial score (nSPS) is 17.9. The number of nitrogens with two attached hydrogens (primary N) is 1. The lowest BCUT2D eigenvalue weighted by Crippen LogP contribution is -2.32. The van der Waals surface area contributed by atoms with E-state index in [0.29, 0.717) is 6.04 Å². The molecule has 20 heavy (non-hydrogen) atoms. The van der Waals surface area contributed by atoms with Gasteiger partial charge in [0.25, 0.3) is 0 Å². The van der Waals surface area contributed by atoms with E-state index >= 15 is 0 Å². The molecule has 1 saturated heterocycles. The van der Waals surface area contributed by atoms with Crippen molar-refractivity contribution >= 4 is 16.7 Å². The summed E-state index contributed by atoms with van der Waals surface area (Å²) < 4.78 is 2.48. The van der Waals surface area contributed by atoms with E-state index < -0.39 is 0 Å². The number of aromatic nitrogens is 2. The van der Waals surface area contributed by atoms with E-state index in [1.54, 1.807) is 0 Å². The van der Waals surface area contributed by atoms with Crippen molar-refractivity contribution in [2.75, 3.05) is 25.9 Å². The number of hydrogen-bond donors (Lipinski definition) is 1. The predicted molar refractivity (Wildman–Crippen MR) is 83.9 cm³/mol. The van der Waals surface area contributed by atoms with Crippen molar-refractivity contribution in [1.29, 1.82) is 0 Å². The Kier molecular flexibility index (Phi) is 3.66. The van der Waals surface area contributed by atoms with Gasteiger partial charge in [-0.15, -0.1) is 0 Å². The van der Waals surface area contributed by atoms with Crippen LogP contribution in [-0.4, -0.2) is 34.6 Å². The summed E-state index contributed by atoms with van der Waals surface area (Å²) in [5.41, 5.74) is 8.99. The number of likely N-dealkylation sites (tertiary alicyclic amines) is 1. The fraction of sp³-hybridized carbons (Fsp3) is 0.562. The maximum absolute atomic E-state index is 5.90. The second kappa shape index (κ2) is 5.44. The molecule has 0 amide bonds. The number of aryl methyl sites for hydroxylation is 1. The van der Waals surface area contributed by atoms with Gasteiger partial charge in [0.15, 0.2) is 0 Å². The summed E-state index contributed by atoms with van der Waals surface area (Å²) >= 11 is 0. The van der Waals surface area contributed by atoms with Gasteiger partial charge in [-0.25, -0.2) is 4.98 Å². The molecular weight excluding hydrogens is 248 g/mol. The Morgan fingerprint density at radius 3 is 2.75 bits per heavy atom. The molecule has 0 aliphatic carbocycles. The molecule has 1 aromatic carbocycles. The van der Waals surface area contributed by atoms with Crippen molar-refractivity contribution in [3.8, 4) is 0 Å². The highest BCUT2D eigenvalue weighted by molar-refractivity contribution is 5.79. The zero-order valence-corrected chi connectivity index (χ0v) is 12.5. The van der Waals surface area contributed by atoms with Crippen molar-refractivity contribution in [2.45, 2.75) is 38.6 Å². The first kappa shape index (κ1) is 13.4. The first-order valence-electron chi connectivity index (χ1n) is 7.64. The number of imidazole rings is 1. The van der Waals surface area contributed by atoms with Crippen molar-refractivity contribution in [2.24, 2.45) is 0 Å². The van der Waals surface area contributed by atoms with Crippen LogP contribution in [0, 0.1) is 0 Å². The first-order chi connectivity index (χ1) is 9.69. The lowest BCUT2D eigenvalue weighted by molar-refractivity contribution is 0.221. The maximum atomic E-state index is 5.90. The summed E-state index contributed by atoms with van der Waals surface area (Å²) in [6, 6.07) is 6.71. The van der Waals surface area contributed by atoms with Crippen molar-refractivity contribution in [3.63, 3.8) is 0 Å². The summed E-state index contributed by atoms with van der Waals surface area (Å²) in [5.74, 6) is 1.22. The molecule has 4 nitrogen and oxygen atoms in total. The number of anilines is 1. The fourth-order valence-electron chi connectivity index (χ4n) is 3.23. The zero-order chi connectivity index (χ0) is 14.1. The number of nitrogen functional groups attached to an aromatic ring is 1. The molecule has 2 aromatic rings. The van der Waals surface area contributed by atoms with Crippen LogP contribution in [0.25, 0.3) is 11.0 Å². The molecule has 0 saturated carbocycles. The Labute approximate surface area is 120 Å². The highest BCUT2D eigenvalue weighted by atomic mass is 15.2. The van der Waals surface area contributed by atoms with Gasteiger partial charge in [-0.05, 0) is 57.6 Å². The third-order valence-corrected chi connectivity index (χ3v) is 4.31. The van der Waals surface area contributed by atoms with Crippen LogP contribution in [-0.2, 0) is 6.42 Å². The van der Waals surface area contributed by atoms with E-state index in [0.717, 1.165) is 24.0 Å². The molecule has 2 N–H and O–H groups in total. The van der Waals surface area contributed by atoms with Gasteiger partial charge < -0.3 is 15.2 Å². The lowest BCUT2D eigenvalue weighted by atomic mass is 10.0. The molecule has 108 valence electrons. The molecule has 0 bridgehead atoms. The average Bonchev–Trinajstić information content (AvgIpc) is 2.77. The molecule has 4 heteroatoms. The minimum Gasteiger partial charge on any atom is -0.399 e. The number of fused-ring (bicyclic) bond motifs is 1. The topological polar surface area (TPSA) is 47.1 Å². The van der Waals surface area contributed by atoms with Crippen LogP contribution < -0.4 is 5.73 Å². The number of nitrogens with zero attached hydrogens (tertiary/aromatic N) is 3. The van der Waals surface area contributed by atoms with Gasteiger partial charge in [-0.2, -0.15) is 0 Å². The Hall–Kier alpha value is -1.55. The van der Waals surface area contributed by atoms with E-state index in [9.17, 15) is 0 Å². The van der Waals surface area contributed by atoms with Gasteiger partial charge in [-0.1, -0.05) is 6.92 Å². The third-order valence-electron chi connectivity index (χ3n) is 4.31. The quantitative estimate of drug-likeness (QED) is 0.874. The van der Waals surface area contributed by atoms with Crippen molar-refractivity contribution in [1.82, 2.24) is 14.5 Å². The second-order valence-corrected chi connectivity index (χ2v) is 5.93. The first-order valence-corrected chi connectivity index (χ1v) is 7.64. The number of piperidine rings is 1. The minimum absolute atomic E-state index is 0.585. The fourth-order valence-corrected chi connectivity index (χ4v) is 3.23. The molecule has 0 unspecified atom stereocenters. The van der Waals surface area contributed by atoms with Crippen molar-refractivity contribution < 1.29 is 0 Å². The second-order valence-electron chi connectivity index (χ2n) is 5.93. The van der Waals surface area contributed by atoms with Gasteiger partial charge in [0, 0.05) is 18.2 Å². The van der Waals surface area contributed by atoms with Crippen LogP contribution >= 0.6 is 0 Å². The van der Waals surface area contributed by atoms with E-state index in [1.165, 1.54) is 37.3 Å². The zero-order valence-electron chi connectivity index (χ0n) is 12.5. The highest BCUT2D eigenvalue weighted by Crippen LogP contribution is 2.29. The average molecular weight is 272 g/mol. The monoisotopic (exact) mass is 272 g/mol. The molecule has 1 aliphatic heterocycles. The van der Waals surface area contributed by atoms with Gasteiger partial charge in [0.05, 0.1) is 11.0 Å². The molecule has 1 aliphatic rings. The lowest BCUT2D eigenvalue weighted by Gasteiger charge is -2.31. The van der Waals surface area contributed by atoms with Crippen LogP contribution in [0.15, 0.2) is 18.2 Å². The molecule has 3 rings (SSSR count). The molecule has 2 heterocycles. The van der Waals surface area contributed by atoms with Crippen LogP contribution in [0.5, 0.6) is 0 Å². The van der Waals surface area contributed by atoms with Crippen molar-refractivity contribution in [3.05, 3.63) is 24.0 Å². The Bertz CT molecular complexity index is 594. The minimum atomic E-state index is 0.585. The van der Waals surface area contributed by atoms with Crippen LogP contribution in [0.3, 0.4) is 0 Å². The molecule has 0 radical (unpaired) electrons. The smallest absolute Gasteiger partial charge is 0.110 e. The van der Waals surface area contributed by atoms with Crippen LogP contribution in [0.4, 0.5) is 5.69 Å². The van der Waals surface area contributed by atoms with Crippen LogP contribution in [0.1, 0.15) is 38.1 Å². The van der Waals surface area contributed by atoms with Gasteiger partial charge in [0.2, 0.25) is 0 Å². The molecule has 1 fully saturated rings. The Balaban J connectivity index is 2.04. The van der Waals surface area contributed by atoms with Gasteiger partial charge in [-0.3, -0.25) is 0 Å². The number of rotatable bonds is 3. The maximum Gasteiger partial charge on any atom is 0.110 e. The SMILES string of the molecule is CCCc1nc2cc(N)ccc2n1C1CCN(C)CC1.